The highest BCUT2D eigenvalue weighted by atomic mass is 32.2. The first kappa shape index (κ1) is 25.8. The Morgan fingerprint density at radius 2 is 1.82 bits per heavy atom. The lowest BCUT2D eigenvalue weighted by molar-refractivity contribution is -0.134. The fraction of sp³-hybridized carbons (Fsp3) is 0.480. The second kappa shape index (κ2) is 12.6. The van der Waals surface area contributed by atoms with Crippen LogP contribution in [0.2, 0.25) is 0 Å². The number of carbonyl (C=O) groups is 1. The van der Waals surface area contributed by atoms with Crippen LogP contribution < -0.4 is 9.47 Å². The first-order valence-electron chi connectivity index (χ1n) is 11.3. The van der Waals surface area contributed by atoms with Gasteiger partial charge in [0, 0.05) is 41.3 Å². The molecule has 0 saturated carbocycles. The normalized spacial score (nSPS) is 13.9. The van der Waals surface area contributed by atoms with Gasteiger partial charge >= 0.3 is 12.0 Å². The van der Waals surface area contributed by atoms with Gasteiger partial charge in [0.05, 0.1) is 16.2 Å². The molecule has 1 aliphatic rings. The number of ether oxygens (including phenoxy) is 2. The van der Waals surface area contributed by atoms with Crippen LogP contribution in [-0.2, 0) is 8.87 Å². The molecule has 5 nitrogen and oxygen atoms in total. The zero-order valence-corrected chi connectivity index (χ0v) is 22.1. The van der Waals surface area contributed by atoms with E-state index in [1.807, 2.05) is 30.4 Å². The van der Waals surface area contributed by atoms with E-state index < -0.39 is 0 Å². The van der Waals surface area contributed by atoms with E-state index >= 15 is 0 Å². The number of carbonyl (C=O) groups excluding carboxylic acids is 1. The number of nitrogens with zero attached hydrogens (tertiary/aromatic N) is 2. The second-order valence-corrected chi connectivity index (χ2v) is 11.9. The smallest absolute Gasteiger partial charge is 0.324 e. The lowest BCUT2D eigenvalue weighted by Gasteiger charge is -2.38. The van der Waals surface area contributed by atoms with Crippen LogP contribution >= 0.6 is 35.3 Å². The predicted octanol–water partition coefficient (Wildman–Crippen LogP) is 6.14. The van der Waals surface area contributed by atoms with Gasteiger partial charge in [-0.25, -0.2) is 9.97 Å². The summed E-state index contributed by atoms with van der Waals surface area (Å²) < 4.78 is 11.2. The monoisotopic (exact) mass is 502 g/mol. The van der Waals surface area contributed by atoms with Gasteiger partial charge in [-0.15, -0.1) is 35.3 Å². The van der Waals surface area contributed by atoms with Gasteiger partial charge < -0.3 is 9.47 Å². The third-order valence-corrected chi connectivity index (χ3v) is 8.87. The zero-order chi connectivity index (χ0) is 23.7. The number of aromatic nitrogens is 2. The summed E-state index contributed by atoms with van der Waals surface area (Å²) in [4.78, 5) is 21.0. The van der Waals surface area contributed by atoms with Crippen LogP contribution in [0.25, 0.3) is 0 Å². The van der Waals surface area contributed by atoms with Crippen molar-refractivity contribution in [2.75, 3.05) is 23.9 Å². The number of esters is 1. The van der Waals surface area contributed by atoms with E-state index in [4.69, 9.17) is 9.47 Å². The quantitative estimate of drug-likeness (QED) is 0.175. The molecule has 0 bridgehead atoms. The highest BCUT2D eigenvalue weighted by Crippen LogP contribution is 2.55. The van der Waals surface area contributed by atoms with Gasteiger partial charge in [0.2, 0.25) is 0 Å². The average Bonchev–Trinajstić information content (AvgIpc) is 2.80. The summed E-state index contributed by atoms with van der Waals surface area (Å²) >= 11 is 5.74. The van der Waals surface area contributed by atoms with E-state index in [0.717, 1.165) is 52.9 Å². The van der Waals surface area contributed by atoms with E-state index in [1.165, 1.54) is 5.56 Å². The van der Waals surface area contributed by atoms with Gasteiger partial charge in [-0.3, -0.25) is 4.79 Å². The Morgan fingerprint density at radius 3 is 2.45 bits per heavy atom. The lowest BCUT2D eigenvalue weighted by Crippen LogP contribution is -2.27. The highest BCUT2D eigenvalue weighted by molar-refractivity contribution is 8.17. The second-order valence-electron chi connectivity index (χ2n) is 7.22. The van der Waals surface area contributed by atoms with Gasteiger partial charge in [-0.2, -0.15) is 0 Å². The van der Waals surface area contributed by atoms with E-state index in [2.05, 4.69) is 54.7 Å². The summed E-state index contributed by atoms with van der Waals surface area (Å²) in [5, 5.41) is 0. The molecule has 1 aromatic carbocycles. The molecule has 176 valence electrons. The van der Waals surface area contributed by atoms with Gasteiger partial charge in [0.25, 0.3) is 0 Å². The number of thioether (sulfide) groups is 3. The molecule has 33 heavy (non-hydrogen) atoms. The molecule has 0 atom stereocenters. The van der Waals surface area contributed by atoms with Crippen LogP contribution in [0, 0.1) is 11.8 Å². The summed E-state index contributed by atoms with van der Waals surface area (Å²) in [7, 11) is 0. The summed E-state index contributed by atoms with van der Waals surface area (Å²) in [6, 6.07) is 4.43. The molecule has 3 rings (SSSR count). The maximum atomic E-state index is 11.6. The van der Waals surface area contributed by atoms with Crippen molar-refractivity contribution in [2.24, 2.45) is 0 Å². The largest absolute Gasteiger partial charge is 0.493 e. The molecule has 0 spiro atoms. The molecule has 8 heteroatoms. The molecule has 0 aliphatic carbocycles. The molecule has 1 aromatic heterocycles. The van der Waals surface area contributed by atoms with Crippen molar-refractivity contribution in [1.29, 1.82) is 0 Å². The molecule has 2 aromatic rings. The summed E-state index contributed by atoms with van der Waals surface area (Å²) in [6.45, 7) is 9.22. The fourth-order valence-electron chi connectivity index (χ4n) is 3.52. The number of fused-ring (bicyclic) bond motifs is 1. The van der Waals surface area contributed by atoms with E-state index in [0.29, 0.717) is 12.0 Å². The molecular weight excluding hydrogens is 472 g/mol. The highest BCUT2D eigenvalue weighted by Gasteiger charge is 2.38. The Labute approximate surface area is 209 Å². The maximum Gasteiger partial charge on any atom is 0.324 e. The Hall–Kier alpha value is -1.82. The summed E-state index contributed by atoms with van der Waals surface area (Å²) in [5.74, 6) is 10.2. The molecular formula is C25H30N2O3S3. The van der Waals surface area contributed by atoms with Gasteiger partial charge in [0.1, 0.15) is 5.75 Å². The van der Waals surface area contributed by atoms with Crippen molar-refractivity contribution in [1.82, 2.24) is 9.97 Å². The van der Waals surface area contributed by atoms with E-state index in [-0.39, 0.29) is 16.1 Å². The molecule has 0 fully saturated rings. The summed E-state index contributed by atoms with van der Waals surface area (Å²) in [5.41, 5.74) is 2.89. The summed E-state index contributed by atoms with van der Waals surface area (Å²) in [6.07, 6.45) is 5.23. The minimum Gasteiger partial charge on any atom is -0.493 e. The van der Waals surface area contributed by atoms with Crippen LogP contribution in [0.3, 0.4) is 0 Å². The molecule has 0 unspecified atom stereocenters. The Bertz CT molecular complexity index is 1010. The van der Waals surface area contributed by atoms with Crippen molar-refractivity contribution in [3.8, 4) is 23.6 Å². The lowest BCUT2D eigenvalue weighted by atomic mass is 10.0. The zero-order valence-electron chi connectivity index (χ0n) is 19.6. The molecule has 0 amide bonds. The molecule has 1 aliphatic heterocycles. The minimum atomic E-state index is -0.327. The van der Waals surface area contributed by atoms with E-state index in [9.17, 15) is 4.79 Å². The van der Waals surface area contributed by atoms with Gasteiger partial charge in [-0.1, -0.05) is 39.5 Å². The maximum absolute atomic E-state index is 11.6. The SMILES string of the molecule is CCCC(=O)Oc1ncc(C#Cc2cc3c(cc2SCC)OCCC3(SCC)SCC)cn1. The number of hydrogen-bond acceptors (Lipinski definition) is 8. The van der Waals surface area contributed by atoms with Gasteiger partial charge in [0.15, 0.2) is 0 Å². The third-order valence-electron chi connectivity index (χ3n) is 4.86. The Morgan fingerprint density at radius 1 is 1.09 bits per heavy atom. The number of hydrogen-bond donors (Lipinski definition) is 0. The topological polar surface area (TPSA) is 61.3 Å². The van der Waals surface area contributed by atoms with Crippen LogP contribution in [0.4, 0.5) is 0 Å². The van der Waals surface area contributed by atoms with Crippen molar-refractivity contribution >= 4 is 41.3 Å². The minimum absolute atomic E-state index is 0.00392. The van der Waals surface area contributed by atoms with E-state index in [1.54, 1.807) is 24.2 Å². The standard InChI is InChI=1S/C25H30N2O3S3/c1-5-9-23(28)30-24-26-16-18(17-27-24)10-11-19-14-20-21(15-22(19)31-6-2)29-13-12-25(20,32-7-3)33-8-4/h14-17H,5-9,12-13H2,1-4H3. The molecule has 0 saturated heterocycles. The van der Waals surface area contributed by atoms with Crippen molar-refractivity contribution < 1.29 is 14.3 Å². The average molecular weight is 503 g/mol. The predicted molar refractivity (Wildman–Crippen MR) is 139 cm³/mol. The third kappa shape index (κ3) is 6.62. The van der Waals surface area contributed by atoms with Crippen LogP contribution in [0.15, 0.2) is 29.4 Å². The number of benzene rings is 1. The Kier molecular flexibility index (Phi) is 9.84. The molecule has 0 N–H and O–H groups in total. The fourth-order valence-corrected chi connectivity index (χ4v) is 7.34. The van der Waals surface area contributed by atoms with Crippen molar-refractivity contribution in [3.63, 3.8) is 0 Å². The number of rotatable bonds is 9. The first-order valence-corrected chi connectivity index (χ1v) is 14.3. The first-order chi connectivity index (χ1) is 16.0. The van der Waals surface area contributed by atoms with Crippen LogP contribution in [-0.4, -0.2) is 39.8 Å². The van der Waals surface area contributed by atoms with Crippen LogP contribution in [0.1, 0.15) is 63.6 Å². The molecule has 0 radical (unpaired) electrons. The Balaban J connectivity index is 1.93. The van der Waals surface area contributed by atoms with Gasteiger partial charge in [-0.05, 0) is 35.8 Å². The molecule has 2 heterocycles. The van der Waals surface area contributed by atoms with Crippen LogP contribution in [0.5, 0.6) is 11.8 Å². The van der Waals surface area contributed by atoms with Crippen molar-refractivity contribution in [2.45, 2.75) is 55.9 Å². The van der Waals surface area contributed by atoms with Crippen molar-refractivity contribution in [3.05, 3.63) is 41.2 Å².